The van der Waals surface area contributed by atoms with Crippen LogP contribution in [0.3, 0.4) is 0 Å². The summed E-state index contributed by atoms with van der Waals surface area (Å²) in [6.45, 7) is 4.42. The fraction of sp³-hybridized carbons (Fsp3) is 0.444. The summed E-state index contributed by atoms with van der Waals surface area (Å²) >= 11 is 0. The second kappa shape index (κ2) is 3.08. The maximum absolute atomic E-state index is 12.0. The van der Waals surface area contributed by atoms with Crippen LogP contribution in [0.5, 0.6) is 0 Å². The molecule has 3 N–H and O–H groups in total. The van der Waals surface area contributed by atoms with Gasteiger partial charge in [0.05, 0.1) is 5.92 Å². The number of primary amides is 1. The number of carbonyl (C=O) groups is 2. The van der Waals surface area contributed by atoms with Crippen molar-refractivity contribution in [1.29, 1.82) is 0 Å². The zero-order valence-electron chi connectivity index (χ0n) is 8.14. The summed E-state index contributed by atoms with van der Waals surface area (Å²) in [5.41, 5.74) is 6.45. The Balaban J connectivity index is 2.33. The molecule has 0 unspecified atom stereocenters. The highest BCUT2D eigenvalue weighted by atomic mass is 16.2. The van der Waals surface area contributed by atoms with Crippen molar-refractivity contribution in [2.75, 3.05) is 13.1 Å². The minimum atomic E-state index is -1.36. The standard InChI is InChI=1S/C9H12N4O2/c1-2-3-13-5-6-4-11-12-9(6,7(10)14)8(13)15/h2,4,6,12H,1,3,5H2,(H2,10,14)/t6-,9+/m1/s1. The van der Waals surface area contributed by atoms with E-state index in [9.17, 15) is 9.59 Å². The molecule has 1 fully saturated rings. The zero-order chi connectivity index (χ0) is 11.1. The fourth-order valence-corrected chi connectivity index (χ4v) is 2.04. The zero-order valence-corrected chi connectivity index (χ0v) is 8.14. The number of hydrogen-bond acceptors (Lipinski definition) is 4. The molecule has 0 spiro atoms. The SMILES string of the molecule is C=CCN1C[C@H]2C=NN[C@@]2(C(N)=O)C1=O. The molecule has 0 radical (unpaired) electrons. The Bertz CT molecular complexity index is 365. The Morgan fingerprint density at radius 2 is 2.67 bits per heavy atom. The van der Waals surface area contributed by atoms with Crippen LogP contribution >= 0.6 is 0 Å². The average molecular weight is 208 g/mol. The third kappa shape index (κ3) is 1.07. The van der Waals surface area contributed by atoms with Crippen molar-refractivity contribution in [2.45, 2.75) is 5.54 Å². The molecule has 80 valence electrons. The summed E-state index contributed by atoms with van der Waals surface area (Å²) in [7, 11) is 0. The first-order valence-corrected chi connectivity index (χ1v) is 4.63. The number of likely N-dealkylation sites (tertiary alicyclic amines) is 1. The molecule has 15 heavy (non-hydrogen) atoms. The maximum Gasteiger partial charge on any atom is 0.260 e. The second-order valence-corrected chi connectivity index (χ2v) is 3.67. The number of fused-ring (bicyclic) bond motifs is 1. The second-order valence-electron chi connectivity index (χ2n) is 3.67. The van der Waals surface area contributed by atoms with E-state index in [0.29, 0.717) is 13.1 Å². The molecule has 2 amide bonds. The molecular formula is C9H12N4O2. The van der Waals surface area contributed by atoms with Gasteiger partial charge in [-0.25, -0.2) is 0 Å². The van der Waals surface area contributed by atoms with Gasteiger partial charge < -0.3 is 10.6 Å². The van der Waals surface area contributed by atoms with Crippen molar-refractivity contribution < 1.29 is 9.59 Å². The summed E-state index contributed by atoms with van der Waals surface area (Å²) in [5, 5.41) is 3.76. The molecule has 0 aliphatic carbocycles. The van der Waals surface area contributed by atoms with E-state index in [4.69, 9.17) is 5.73 Å². The Kier molecular flexibility index (Phi) is 1.99. The van der Waals surface area contributed by atoms with Crippen molar-refractivity contribution in [2.24, 2.45) is 16.8 Å². The van der Waals surface area contributed by atoms with Gasteiger partial charge in [0.25, 0.3) is 11.8 Å². The van der Waals surface area contributed by atoms with Gasteiger partial charge in [-0.2, -0.15) is 5.10 Å². The van der Waals surface area contributed by atoms with Crippen molar-refractivity contribution in [3.8, 4) is 0 Å². The highest BCUT2D eigenvalue weighted by Crippen LogP contribution is 2.30. The number of nitrogens with zero attached hydrogens (tertiary/aromatic N) is 2. The summed E-state index contributed by atoms with van der Waals surface area (Å²) in [6, 6.07) is 0. The molecule has 6 nitrogen and oxygen atoms in total. The van der Waals surface area contributed by atoms with Gasteiger partial charge in [0, 0.05) is 19.3 Å². The minimum absolute atomic E-state index is 0.276. The predicted molar refractivity (Wildman–Crippen MR) is 53.8 cm³/mol. The number of nitrogens with two attached hydrogens (primary N) is 1. The van der Waals surface area contributed by atoms with Crippen LogP contribution in [0.25, 0.3) is 0 Å². The lowest BCUT2D eigenvalue weighted by Crippen LogP contribution is -2.60. The third-order valence-electron chi connectivity index (χ3n) is 2.83. The number of hydrogen-bond donors (Lipinski definition) is 2. The van der Waals surface area contributed by atoms with Crippen LogP contribution in [0.15, 0.2) is 17.8 Å². The molecule has 2 aliphatic heterocycles. The van der Waals surface area contributed by atoms with Gasteiger partial charge in [0.2, 0.25) is 5.54 Å². The molecule has 0 saturated carbocycles. The topological polar surface area (TPSA) is 87.8 Å². The van der Waals surface area contributed by atoms with Gasteiger partial charge in [0.15, 0.2) is 0 Å². The molecule has 0 bridgehead atoms. The summed E-state index contributed by atoms with van der Waals surface area (Å²) < 4.78 is 0. The van der Waals surface area contributed by atoms with Crippen LogP contribution in [0, 0.1) is 5.92 Å². The molecule has 0 aromatic rings. The van der Waals surface area contributed by atoms with Gasteiger partial charge in [0.1, 0.15) is 0 Å². The van der Waals surface area contributed by atoms with Gasteiger partial charge in [-0.1, -0.05) is 6.08 Å². The number of amides is 2. The monoisotopic (exact) mass is 208 g/mol. The number of carbonyl (C=O) groups excluding carboxylic acids is 2. The molecular weight excluding hydrogens is 196 g/mol. The number of rotatable bonds is 3. The van der Waals surface area contributed by atoms with Crippen molar-refractivity contribution in [3.63, 3.8) is 0 Å². The van der Waals surface area contributed by atoms with Gasteiger partial charge in [-0.15, -0.1) is 6.58 Å². The first-order valence-electron chi connectivity index (χ1n) is 4.63. The van der Waals surface area contributed by atoms with Crippen LogP contribution in [-0.4, -0.2) is 41.6 Å². The number of hydrazone groups is 1. The highest BCUT2D eigenvalue weighted by Gasteiger charge is 2.60. The molecule has 2 atom stereocenters. The Morgan fingerprint density at radius 3 is 3.20 bits per heavy atom. The summed E-state index contributed by atoms with van der Waals surface area (Å²) in [4.78, 5) is 24.9. The van der Waals surface area contributed by atoms with Gasteiger partial charge in [-0.05, 0) is 0 Å². The average Bonchev–Trinajstić information content (AvgIpc) is 2.69. The Morgan fingerprint density at radius 1 is 1.93 bits per heavy atom. The lowest BCUT2D eigenvalue weighted by atomic mass is 9.88. The predicted octanol–water partition coefficient (Wildman–Crippen LogP) is -1.56. The van der Waals surface area contributed by atoms with E-state index in [1.807, 2.05) is 0 Å². The van der Waals surface area contributed by atoms with E-state index in [0.717, 1.165) is 0 Å². The van der Waals surface area contributed by atoms with Crippen LogP contribution < -0.4 is 11.2 Å². The van der Waals surface area contributed by atoms with Crippen LogP contribution in [-0.2, 0) is 9.59 Å². The Hall–Kier alpha value is -1.85. The minimum Gasteiger partial charge on any atom is -0.367 e. The van der Waals surface area contributed by atoms with Crippen molar-refractivity contribution >= 4 is 18.0 Å². The normalized spacial score (nSPS) is 32.7. The smallest absolute Gasteiger partial charge is 0.260 e. The molecule has 2 heterocycles. The largest absolute Gasteiger partial charge is 0.367 e. The van der Waals surface area contributed by atoms with Crippen LogP contribution in [0.4, 0.5) is 0 Å². The molecule has 0 aromatic heterocycles. The van der Waals surface area contributed by atoms with Crippen molar-refractivity contribution in [3.05, 3.63) is 12.7 Å². The quantitative estimate of drug-likeness (QED) is 0.434. The van der Waals surface area contributed by atoms with E-state index < -0.39 is 11.4 Å². The van der Waals surface area contributed by atoms with Crippen molar-refractivity contribution in [1.82, 2.24) is 10.3 Å². The van der Waals surface area contributed by atoms with Gasteiger partial charge in [-0.3, -0.25) is 15.0 Å². The summed E-state index contributed by atoms with van der Waals surface area (Å²) in [6.07, 6.45) is 3.18. The van der Waals surface area contributed by atoms with Crippen LogP contribution in [0.1, 0.15) is 0 Å². The van der Waals surface area contributed by atoms with Gasteiger partial charge >= 0.3 is 0 Å². The molecule has 1 saturated heterocycles. The lowest BCUT2D eigenvalue weighted by molar-refractivity contribution is -0.139. The number of nitrogens with one attached hydrogen (secondary N) is 1. The van der Waals surface area contributed by atoms with E-state index in [2.05, 4.69) is 17.1 Å². The maximum atomic E-state index is 12.0. The molecule has 0 aromatic carbocycles. The Labute approximate surface area is 86.8 Å². The molecule has 2 rings (SSSR count). The van der Waals surface area contributed by atoms with E-state index in [1.165, 1.54) is 0 Å². The highest BCUT2D eigenvalue weighted by molar-refractivity contribution is 6.14. The molecule has 2 aliphatic rings. The first kappa shape index (κ1) is 9.70. The van der Waals surface area contributed by atoms with E-state index in [1.54, 1.807) is 17.2 Å². The van der Waals surface area contributed by atoms with Crippen LogP contribution in [0.2, 0.25) is 0 Å². The fourth-order valence-electron chi connectivity index (χ4n) is 2.04. The summed E-state index contributed by atoms with van der Waals surface area (Å²) in [5.74, 6) is -1.28. The first-order chi connectivity index (χ1) is 7.13. The molecule has 6 heteroatoms. The van der Waals surface area contributed by atoms with E-state index >= 15 is 0 Å². The third-order valence-corrected chi connectivity index (χ3v) is 2.83. The van der Waals surface area contributed by atoms with E-state index in [-0.39, 0.29) is 11.8 Å². The lowest BCUT2D eigenvalue weighted by Gasteiger charge is -2.22.